The summed E-state index contributed by atoms with van der Waals surface area (Å²) in [5.41, 5.74) is 3.84. The van der Waals surface area contributed by atoms with Crippen molar-refractivity contribution in [2.24, 2.45) is 5.92 Å². The number of nitrogens with zero attached hydrogens (tertiary/aromatic N) is 3. The molecule has 144 valence electrons. The lowest BCUT2D eigenvalue weighted by atomic mass is 9.82. The standard InChI is InChI=1S/C22H29N3O2/c1-17-6-2-5-9-20(17)23-12-14-24(15-13-23)21(26)22(27)25-11-10-18-7-3-4-8-19(18)16-25/h2,5-6,8-9,18H,3-4,7,10-16H2,1H3. The molecule has 1 aromatic rings. The lowest BCUT2D eigenvalue weighted by Gasteiger charge is -2.39. The highest BCUT2D eigenvalue weighted by Gasteiger charge is 2.34. The Bertz CT molecular complexity index is 750. The first-order chi connectivity index (χ1) is 13.1. The first-order valence-electron chi connectivity index (χ1n) is 10.2. The van der Waals surface area contributed by atoms with Crippen LogP contribution in [0.15, 0.2) is 35.9 Å². The molecule has 1 aromatic carbocycles. The number of rotatable bonds is 1. The number of hydrogen-bond acceptors (Lipinski definition) is 3. The van der Waals surface area contributed by atoms with E-state index in [0.717, 1.165) is 32.5 Å². The maximum atomic E-state index is 12.8. The first kappa shape index (κ1) is 18.1. The van der Waals surface area contributed by atoms with E-state index in [1.165, 1.54) is 29.7 Å². The van der Waals surface area contributed by atoms with Gasteiger partial charge in [-0.3, -0.25) is 9.59 Å². The van der Waals surface area contributed by atoms with Crippen LogP contribution in [0.4, 0.5) is 5.69 Å². The van der Waals surface area contributed by atoms with Crippen LogP contribution in [-0.2, 0) is 9.59 Å². The third-order valence-corrected chi connectivity index (χ3v) is 6.30. The van der Waals surface area contributed by atoms with Crippen LogP contribution in [0.3, 0.4) is 0 Å². The summed E-state index contributed by atoms with van der Waals surface area (Å²) in [5.74, 6) is -0.00545. The number of benzene rings is 1. The van der Waals surface area contributed by atoms with Gasteiger partial charge in [-0.1, -0.05) is 29.8 Å². The number of fused-ring (bicyclic) bond motifs is 1. The fourth-order valence-corrected chi connectivity index (χ4v) is 4.65. The predicted octanol–water partition coefficient (Wildman–Crippen LogP) is 2.60. The second kappa shape index (κ2) is 7.75. The molecule has 2 fully saturated rings. The van der Waals surface area contributed by atoms with Crippen molar-refractivity contribution in [2.45, 2.75) is 32.6 Å². The van der Waals surface area contributed by atoms with Crippen molar-refractivity contribution >= 4 is 17.5 Å². The second-order valence-corrected chi connectivity index (χ2v) is 7.99. The number of para-hydroxylation sites is 1. The fourth-order valence-electron chi connectivity index (χ4n) is 4.65. The number of allylic oxidation sites excluding steroid dienone is 1. The van der Waals surface area contributed by atoms with E-state index < -0.39 is 0 Å². The molecule has 3 aliphatic rings. The van der Waals surface area contributed by atoms with Gasteiger partial charge in [-0.2, -0.15) is 0 Å². The molecule has 0 bridgehead atoms. The van der Waals surface area contributed by atoms with E-state index in [1.54, 1.807) is 9.80 Å². The highest BCUT2D eigenvalue weighted by Crippen LogP contribution is 2.32. The van der Waals surface area contributed by atoms with Gasteiger partial charge in [0.1, 0.15) is 0 Å². The second-order valence-electron chi connectivity index (χ2n) is 7.99. The summed E-state index contributed by atoms with van der Waals surface area (Å²) >= 11 is 0. The predicted molar refractivity (Wildman–Crippen MR) is 107 cm³/mol. The maximum absolute atomic E-state index is 12.8. The third kappa shape index (κ3) is 3.73. The van der Waals surface area contributed by atoms with Gasteiger partial charge in [-0.25, -0.2) is 0 Å². The number of likely N-dealkylation sites (tertiary alicyclic amines) is 1. The van der Waals surface area contributed by atoms with Crippen LogP contribution in [0.1, 0.15) is 31.2 Å². The lowest BCUT2D eigenvalue weighted by molar-refractivity contribution is -0.152. The largest absolute Gasteiger partial charge is 0.368 e. The Hall–Kier alpha value is -2.30. The van der Waals surface area contributed by atoms with Crippen LogP contribution in [0.2, 0.25) is 0 Å². The molecule has 0 spiro atoms. The van der Waals surface area contributed by atoms with Gasteiger partial charge in [0, 0.05) is 45.0 Å². The highest BCUT2D eigenvalue weighted by atomic mass is 16.2. The number of carbonyl (C=O) groups is 2. The molecule has 0 N–H and O–H groups in total. The summed E-state index contributed by atoms with van der Waals surface area (Å²) in [6, 6.07) is 8.33. The number of piperidine rings is 1. The monoisotopic (exact) mass is 367 g/mol. The van der Waals surface area contributed by atoms with Gasteiger partial charge in [-0.15, -0.1) is 0 Å². The molecule has 1 atom stereocenters. The van der Waals surface area contributed by atoms with E-state index in [1.807, 2.05) is 12.1 Å². The van der Waals surface area contributed by atoms with Gasteiger partial charge in [0.15, 0.2) is 0 Å². The molecule has 5 heteroatoms. The Morgan fingerprint density at radius 1 is 0.926 bits per heavy atom. The summed E-state index contributed by atoms with van der Waals surface area (Å²) in [6.07, 6.45) is 6.91. The summed E-state index contributed by atoms with van der Waals surface area (Å²) < 4.78 is 0. The number of anilines is 1. The zero-order chi connectivity index (χ0) is 18.8. The Kier molecular flexibility index (Phi) is 5.19. The molecule has 2 heterocycles. The summed E-state index contributed by atoms with van der Waals surface area (Å²) in [5, 5.41) is 0. The van der Waals surface area contributed by atoms with Crippen LogP contribution in [0.5, 0.6) is 0 Å². The minimum atomic E-state index is -0.325. The normalized spacial score (nSPS) is 22.9. The molecule has 2 aliphatic heterocycles. The summed E-state index contributed by atoms with van der Waals surface area (Å²) in [6.45, 7) is 6.25. The molecular weight excluding hydrogens is 338 g/mol. The molecule has 0 saturated carbocycles. The average Bonchev–Trinajstić information content (AvgIpc) is 2.73. The fraction of sp³-hybridized carbons (Fsp3) is 0.545. The molecule has 1 unspecified atom stereocenters. The molecule has 2 amide bonds. The Balaban J connectivity index is 1.34. The molecular formula is C22H29N3O2. The zero-order valence-electron chi connectivity index (χ0n) is 16.2. The molecule has 4 rings (SSSR count). The van der Waals surface area contributed by atoms with Gasteiger partial charge < -0.3 is 14.7 Å². The minimum absolute atomic E-state index is 0.315. The highest BCUT2D eigenvalue weighted by molar-refractivity contribution is 6.35. The van der Waals surface area contributed by atoms with E-state index in [2.05, 4.69) is 30.0 Å². The smallest absolute Gasteiger partial charge is 0.312 e. The number of amides is 2. The molecule has 27 heavy (non-hydrogen) atoms. The van der Waals surface area contributed by atoms with E-state index in [-0.39, 0.29) is 11.8 Å². The van der Waals surface area contributed by atoms with Crippen molar-refractivity contribution in [3.8, 4) is 0 Å². The van der Waals surface area contributed by atoms with E-state index >= 15 is 0 Å². The maximum Gasteiger partial charge on any atom is 0.312 e. The van der Waals surface area contributed by atoms with Crippen LogP contribution >= 0.6 is 0 Å². The van der Waals surface area contributed by atoms with Crippen molar-refractivity contribution in [1.82, 2.24) is 9.80 Å². The van der Waals surface area contributed by atoms with E-state index in [9.17, 15) is 9.59 Å². The van der Waals surface area contributed by atoms with Crippen LogP contribution < -0.4 is 4.90 Å². The SMILES string of the molecule is Cc1ccccc1N1CCN(C(=O)C(=O)N2CCC3CCCC=C3C2)CC1. The van der Waals surface area contributed by atoms with Crippen molar-refractivity contribution in [3.63, 3.8) is 0 Å². The number of piperazine rings is 1. The van der Waals surface area contributed by atoms with Crippen molar-refractivity contribution in [2.75, 3.05) is 44.2 Å². The van der Waals surface area contributed by atoms with E-state index in [4.69, 9.17) is 0 Å². The zero-order valence-corrected chi connectivity index (χ0v) is 16.2. The summed E-state index contributed by atoms with van der Waals surface area (Å²) in [4.78, 5) is 31.3. The topological polar surface area (TPSA) is 43.9 Å². The van der Waals surface area contributed by atoms with Gasteiger partial charge in [-0.05, 0) is 50.2 Å². The molecule has 5 nitrogen and oxygen atoms in total. The molecule has 2 saturated heterocycles. The van der Waals surface area contributed by atoms with Gasteiger partial charge in [0.2, 0.25) is 0 Å². The first-order valence-corrected chi connectivity index (χ1v) is 10.2. The van der Waals surface area contributed by atoms with Gasteiger partial charge in [0.25, 0.3) is 0 Å². The number of carbonyl (C=O) groups excluding carboxylic acids is 2. The van der Waals surface area contributed by atoms with E-state index in [0.29, 0.717) is 25.6 Å². The number of hydrogen-bond donors (Lipinski definition) is 0. The molecule has 0 radical (unpaired) electrons. The van der Waals surface area contributed by atoms with Crippen LogP contribution in [0.25, 0.3) is 0 Å². The van der Waals surface area contributed by atoms with Gasteiger partial charge >= 0.3 is 11.8 Å². The Morgan fingerprint density at radius 3 is 2.44 bits per heavy atom. The van der Waals surface area contributed by atoms with Crippen LogP contribution in [0, 0.1) is 12.8 Å². The molecule has 1 aliphatic carbocycles. The van der Waals surface area contributed by atoms with Crippen molar-refractivity contribution in [1.29, 1.82) is 0 Å². The number of aryl methyl sites for hydroxylation is 1. The van der Waals surface area contributed by atoms with Crippen molar-refractivity contribution in [3.05, 3.63) is 41.5 Å². The lowest BCUT2D eigenvalue weighted by Crippen LogP contribution is -2.54. The molecule has 0 aromatic heterocycles. The Labute approximate surface area is 161 Å². The summed E-state index contributed by atoms with van der Waals surface area (Å²) in [7, 11) is 0. The Morgan fingerprint density at radius 2 is 1.67 bits per heavy atom. The third-order valence-electron chi connectivity index (χ3n) is 6.30. The average molecular weight is 367 g/mol. The minimum Gasteiger partial charge on any atom is -0.368 e. The van der Waals surface area contributed by atoms with Crippen LogP contribution in [-0.4, -0.2) is 60.9 Å². The van der Waals surface area contributed by atoms with Gasteiger partial charge in [0.05, 0.1) is 0 Å². The van der Waals surface area contributed by atoms with Crippen molar-refractivity contribution < 1.29 is 9.59 Å². The quantitative estimate of drug-likeness (QED) is 0.566.